The van der Waals surface area contributed by atoms with Gasteiger partial charge in [-0.1, -0.05) is 36.4 Å². The Balaban J connectivity index is 0.000000980. The van der Waals surface area contributed by atoms with E-state index < -0.39 is 0 Å². The Bertz CT molecular complexity index is 305. The van der Waals surface area contributed by atoms with E-state index in [4.69, 9.17) is 5.73 Å². The minimum atomic E-state index is 0. The average molecular weight is 210 g/mol. The Morgan fingerprint density at radius 1 is 1.14 bits per heavy atom. The zero-order valence-corrected chi connectivity index (χ0v) is 8.96. The molecule has 1 aliphatic carbocycles. The highest BCUT2D eigenvalue weighted by Crippen LogP contribution is 2.25. The van der Waals surface area contributed by atoms with E-state index in [2.05, 4.69) is 30.3 Å². The highest BCUT2D eigenvalue weighted by Gasteiger charge is 2.10. The molecule has 0 heterocycles. The van der Waals surface area contributed by atoms with E-state index in [9.17, 15) is 0 Å². The molecule has 0 amide bonds. The zero-order chi connectivity index (χ0) is 9.10. The van der Waals surface area contributed by atoms with E-state index in [-0.39, 0.29) is 18.4 Å². The zero-order valence-electron chi connectivity index (χ0n) is 8.15. The molecule has 14 heavy (non-hydrogen) atoms. The van der Waals surface area contributed by atoms with Crippen molar-refractivity contribution in [2.24, 2.45) is 5.73 Å². The summed E-state index contributed by atoms with van der Waals surface area (Å²) in [5.41, 5.74) is 8.63. The standard InChI is InChI=1S/C12H15N.ClH/c13-12-8-4-7-11(9-12)10-5-2-1-3-6-10;/h1-3,5-6,9,12H,4,7-8,13H2;1H. The van der Waals surface area contributed by atoms with Gasteiger partial charge in [0.15, 0.2) is 0 Å². The van der Waals surface area contributed by atoms with Gasteiger partial charge in [-0.2, -0.15) is 0 Å². The van der Waals surface area contributed by atoms with E-state index in [1.807, 2.05) is 6.07 Å². The third-order valence-electron chi connectivity index (χ3n) is 2.54. The second-order valence-electron chi connectivity index (χ2n) is 3.61. The number of halogens is 1. The van der Waals surface area contributed by atoms with Crippen molar-refractivity contribution in [2.75, 3.05) is 0 Å². The molecule has 1 aromatic rings. The van der Waals surface area contributed by atoms with Gasteiger partial charge in [0.05, 0.1) is 0 Å². The Hall–Kier alpha value is -0.790. The second kappa shape index (κ2) is 5.18. The normalized spacial score (nSPS) is 20.9. The molecule has 0 radical (unpaired) electrons. The summed E-state index contributed by atoms with van der Waals surface area (Å²) in [7, 11) is 0. The Morgan fingerprint density at radius 2 is 1.86 bits per heavy atom. The first kappa shape index (κ1) is 11.3. The molecule has 0 saturated carbocycles. The molecule has 0 bridgehead atoms. The van der Waals surface area contributed by atoms with Crippen molar-refractivity contribution in [1.82, 2.24) is 0 Å². The molecule has 1 aromatic carbocycles. The summed E-state index contributed by atoms with van der Waals surface area (Å²) < 4.78 is 0. The monoisotopic (exact) mass is 209 g/mol. The molecule has 1 unspecified atom stereocenters. The highest BCUT2D eigenvalue weighted by molar-refractivity contribution is 5.85. The van der Waals surface area contributed by atoms with Crippen LogP contribution in [0.15, 0.2) is 36.4 Å². The van der Waals surface area contributed by atoms with E-state index >= 15 is 0 Å². The third kappa shape index (κ3) is 2.60. The smallest absolute Gasteiger partial charge is 0.0229 e. The van der Waals surface area contributed by atoms with Crippen LogP contribution in [0.5, 0.6) is 0 Å². The average Bonchev–Trinajstić information content (AvgIpc) is 2.19. The van der Waals surface area contributed by atoms with Crippen LogP contribution < -0.4 is 5.73 Å². The summed E-state index contributed by atoms with van der Waals surface area (Å²) in [6.45, 7) is 0. The van der Waals surface area contributed by atoms with Gasteiger partial charge in [-0.3, -0.25) is 0 Å². The van der Waals surface area contributed by atoms with Crippen LogP contribution in [0.3, 0.4) is 0 Å². The number of hydrogen-bond donors (Lipinski definition) is 1. The van der Waals surface area contributed by atoms with Crippen molar-refractivity contribution in [2.45, 2.75) is 25.3 Å². The maximum absolute atomic E-state index is 5.89. The second-order valence-corrected chi connectivity index (χ2v) is 3.61. The number of hydrogen-bond acceptors (Lipinski definition) is 1. The van der Waals surface area contributed by atoms with Crippen molar-refractivity contribution in [3.8, 4) is 0 Å². The van der Waals surface area contributed by atoms with Gasteiger partial charge in [-0.25, -0.2) is 0 Å². The largest absolute Gasteiger partial charge is 0.324 e. The molecule has 1 aliphatic rings. The Labute approximate surface area is 91.4 Å². The molecule has 1 atom stereocenters. The predicted molar refractivity (Wildman–Crippen MR) is 63.5 cm³/mol. The Morgan fingerprint density at radius 3 is 2.50 bits per heavy atom. The van der Waals surface area contributed by atoms with Gasteiger partial charge in [0.25, 0.3) is 0 Å². The summed E-state index contributed by atoms with van der Waals surface area (Å²) in [4.78, 5) is 0. The fourth-order valence-corrected chi connectivity index (χ4v) is 1.85. The van der Waals surface area contributed by atoms with Crippen molar-refractivity contribution < 1.29 is 0 Å². The molecule has 0 fully saturated rings. The van der Waals surface area contributed by atoms with E-state index in [1.54, 1.807) is 0 Å². The predicted octanol–water partition coefficient (Wildman–Crippen LogP) is 3.00. The summed E-state index contributed by atoms with van der Waals surface area (Å²) in [5, 5.41) is 0. The van der Waals surface area contributed by atoms with Crippen molar-refractivity contribution in [3.05, 3.63) is 42.0 Å². The first-order valence-corrected chi connectivity index (χ1v) is 4.88. The van der Waals surface area contributed by atoms with Crippen LogP contribution in [-0.2, 0) is 0 Å². The van der Waals surface area contributed by atoms with E-state index in [0.717, 1.165) is 6.42 Å². The first-order valence-electron chi connectivity index (χ1n) is 4.88. The summed E-state index contributed by atoms with van der Waals surface area (Å²) >= 11 is 0. The quantitative estimate of drug-likeness (QED) is 0.756. The lowest BCUT2D eigenvalue weighted by Gasteiger charge is -2.17. The van der Waals surface area contributed by atoms with Gasteiger partial charge in [0.2, 0.25) is 0 Å². The third-order valence-corrected chi connectivity index (χ3v) is 2.54. The molecule has 0 spiro atoms. The Kier molecular flexibility index (Phi) is 4.18. The summed E-state index contributed by atoms with van der Waals surface area (Å²) in [6.07, 6.45) is 5.74. The van der Waals surface area contributed by atoms with Gasteiger partial charge < -0.3 is 5.73 Å². The first-order chi connectivity index (χ1) is 6.36. The minimum absolute atomic E-state index is 0. The van der Waals surface area contributed by atoms with Crippen LogP contribution in [-0.4, -0.2) is 6.04 Å². The van der Waals surface area contributed by atoms with Gasteiger partial charge >= 0.3 is 0 Å². The fourth-order valence-electron chi connectivity index (χ4n) is 1.85. The van der Waals surface area contributed by atoms with E-state index in [0.29, 0.717) is 0 Å². The maximum Gasteiger partial charge on any atom is 0.0229 e. The van der Waals surface area contributed by atoms with Gasteiger partial charge in [-0.15, -0.1) is 12.4 Å². The van der Waals surface area contributed by atoms with Gasteiger partial charge in [-0.05, 0) is 30.4 Å². The van der Waals surface area contributed by atoms with Crippen LogP contribution in [0, 0.1) is 0 Å². The molecule has 2 heteroatoms. The van der Waals surface area contributed by atoms with Crippen molar-refractivity contribution in [3.63, 3.8) is 0 Å². The number of allylic oxidation sites excluding steroid dienone is 1. The van der Waals surface area contributed by atoms with Crippen molar-refractivity contribution >= 4 is 18.0 Å². The van der Waals surface area contributed by atoms with Crippen LogP contribution in [0.1, 0.15) is 24.8 Å². The fraction of sp³-hybridized carbons (Fsp3) is 0.333. The molecule has 0 saturated heterocycles. The summed E-state index contributed by atoms with van der Waals surface area (Å²) in [5.74, 6) is 0. The van der Waals surface area contributed by atoms with Crippen LogP contribution in [0.25, 0.3) is 5.57 Å². The lowest BCUT2D eigenvalue weighted by Crippen LogP contribution is -2.19. The van der Waals surface area contributed by atoms with Crippen LogP contribution >= 0.6 is 12.4 Å². The van der Waals surface area contributed by atoms with Gasteiger partial charge in [0, 0.05) is 6.04 Å². The van der Waals surface area contributed by atoms with Crippen LogP contribution in [0.4, 0.5) is 0 Å². The molecular weight excluding hydrogens is 194 g/mol. The molecule has 76 valence electrons. The number of benzene rings is 1. The molecule has 2 N–H and O–H groups in total. The molecule has 0 aromatic heterocycles. The number of rotatable bonds is 1. The maximum atomic E-state index is 5.89. The molecule has 0 aliphatic heterocycles. The van der Waals surface area contributed by atoms with Crippen molar-refractivity contribution in [1.29, 1.82) is 0 Å². The lowest BCUT2D eigenvalue weighted by molar-refractivity contribution is 0.654. The topological polar surface area (TPSA) is 26.0 Å². The van der Waals surface area contributed by atoms with Gasteiger partial charge in [0.1, 0.15) is 0 Å². The summed E-state index contributed by atoms with van der Waals surface area (Å²) in [6, 6.07) is 10.8. The highest BCUT2D eigenvalue weighted by atomic mass is 35.5. The van der Waals surface area contributed by atoms with E-state index in [1.165, 1.54) is 24.0 Å². The minimum Gasteiger partial charge on any atom is -0.324 e. The molecular formula is C12H16ClN. The molecule has 1 nitrogen and oxygen atoms in total. The SMILES string of the molecule is Cl.NC1C=C(c2ccccc2)CCC1. The number of nitrogens with two attached hydrogens (primary N) is 1. The lowest BCUT2D eigenvalue weighted by atomic mass is 9.91. The van der Waals surface area contributed by atoms with Crippen LogP contribution in [0.2, 0.25) is 0 Å². The molecule has 2 rings (SSSR count).